The summed E-state index contributed by atoms with van der Waals surface area (Å²) >= 11 is 6.24. The van der Waals surface area contributed by atoms with Gasteiger partial charge in [-0.25, -0.2) is 0 Å². The second kappa shape index (κ2) is 11.7. The summed E-state index contributed by atoms with van der Waals surface area (Å²) < 4.78 is 5.34. The lowest BCUT2D eigenvalue weighted by Gasteiger charge is -2.33. The first-order valence-corrected chi connectivity index (χ1v) is 12.1. The minimum Gasteiger partial charge on any atom is -0.466 e. The summed E-state index contributed by atoms with van der Waals surface area (Å²) in [6.07, 6.45) is 6.62. The van der Waals surface area contributed by atoms with Crippen molar-refractivity contribution in [1.29, 1.82) is 0 Å². The van der Waals surface area contributed by atoms with Crippen molar-refractivity contribution in [3.8, 4) is 0 Å². The maximum atomic E-state index is 13.6. The van der Waals surface area contributed by atoms with E-state index >= 15 is 0 Å². The van der Waals surface area contributed by atoms with Crippen molar-refractivity contribution in [2.75, 3.05) is 25.1 Å². The Morgan fingerprint density at radius 1 is 1.15 bits per heavy atom. The first-order valence-electron chi connectivity index (χ1n) is 11.8. The third-order valence-corrected chi connectivity index (χ3v) is 6.93. The molecule has 1 aromatic carbocycles. The number of rotatable bonds is 10. The van der Waals surface area contributed by atoms with Gasteiger partial charge in [0.2, 0.25) is 11.8 Å². The zero-order valence-electron chi connectivity index (χ0n) is 19.2. The number of carbonyl (C=O) groups is 3. The number of nitrogens with zero attached hydrogens (tertiary/aromatic N) is 1. The summed E-state index contributed by atoms with van der Waals surface area (Å²) in [7, 11) is 0. The molecule has 8 heteroatoms. The van der Waals surface area contributed by atoms with Crippen molar-refractivity contribution in [2.24, 2.45) is 23.7 Å². The molecular weight excluding hydrogens is 444 g/mol. The van der Waals surface area contributed by atoms with Gasteiger partial charge in [-0.2, -0.15) is 0 Å². The van der Waals surface area contributed by atoms with E-state index in [1.807, 2.05) is 19.1 Å². The Bertz CT molecular complexity index is 889. The van der Waals surface area contributed by atoms with E-state index in [0.717, 1.165) is 6.42 Å². The third-order valence-electron chi connectivity index (χ3n) is 6.60. The smallest absolute Gasteiger partial charge is 0.310 e. The minimum absolute atomic E-state index is 0.0848. The Balaban J connectivity index is 1.93. The molecule has 33 heavy (non-hydrogen) atoms. The van der Waals surface area contributed by atoms with Crippen LogP contribution in [0.15, 0.2) is 36.4 Å². The van der Waals surface area contributed by atoms with Gasteiger partial charge in [-0.3, -0.25) is 14.4 Å². The van der Waals surface area contributed by atoms with E-state index in [1.54, 1.807) is 36.1 Å². The zero-order valence-corrected chi connectivity index (χ0v) is 20.0. The molecule has 0 radical (unpaired) electrons. The molecule has 0 aromatic heterocycles. The highest BCUT2D eigenvalue weighted by molar-refractivity contribution is 6.33. The first kappa shape index (κ1) is 25.2. The lowest BCUT2D eigenvalue weighted by atomic mass is 9.69. The number of benzene rings is 1. The Hall–Kier alpha value is -2.38. The van der Waals surface area contributed by atoms with Crippen LogP contribution in [0.4, 0.5) is 5.69 Å². The molecule has 2 N–H and O–H groups in total. The topological polar surface area (TPSA) is 95.9 Å². The fourth-order valence-corrected chi connectivity index (χ4v) is 5.21. The summed E-state index contributed by atoms with van der Waals surface area (Å²) in [4.78, 5) is 41.6. The van der Waals surface area contributed by atoms with Crippen molar-refractivity contribution in [1.82, 2.24) is 4.90 Å². The van der Waals surface area contributed by atoms with Gasteiger partial charge in [-0.05, 0) is 50.7 Å². The van der Waals surface area contributed by atoms with Crippen molar-refractivity contribution in [3.05, 3.63) is 41.4 Å². The van der Waals surface area contributed by atoms with Gasteiger partial charge >= 0.3 is 5.97 Å². The van der Waals surface area contributed by atoms with Crippen LogP contribution in [0.2, 0.25) is 5.02 Å². The number of nitrogens with one attached hydrogen (secondary N) is 1. The van der Waals surface area contributed by atoms with Crippen LogP contribution in [0.5, 0.6) is 0 Å². The summed E-state index contributed by atoms with van der Waals surface area (Å²) in [5, 5.41) is 12.4. The van der Waals surface area contributed by atoms with Crippen molar-refractivity contribution in [3.63, 3.8) is 0 Å². The van der Waals surface area contributed by atoms with E-state index in [9.17, 15) is 14.4 Å². The molecule has 0 spiro atoms. The number of hydrogen-bond donors (Lipinski definition) is 2. The Morgan fingerprint density at radius 2 is 1.91 bits per heavy atom. The number of amides is 2. The molecular formula is C25H33ClN2O5. The van der Waals surface area contributed by atoms with Crippen molar-refractivity contribution >= 4 is 35.1 Å². The molecule has 5 atom stereocenters. The molecule has 2 amide bonds. The van der Waals surface area contributed by atoms with E-state index in [-0.39, 0.29) is 36.9 Å². The zero-order chi connectivity index (χ0) is 24.0. The highest BCUT2D eigenvalue weighted by Crippen LogP contribution is 2.45. The molecule has 1 aromatic rings. The summed E-state index contributed by atoms with van der Waals surface area (Å²) in [6.45, 7) is 4.43. The molecule has 1 aliphatic heterocycles. The number of carbonyl (C=O) groups excluding carboxylic acids is 3. The van der Waals surface area contributed by atoms with Crippen LogP contribution in [-0.4, -0.2) is 53.6 Å². The Kier molecular flexibility index (Phi) is 8.92. The SMILES string of the molecule is CCOC(=O)[C@H]1[C@H]2C(=O)N(CCCCCO)[C@H](C(=O)Nc3ccccc3Cl)[C@H]2C=C[C@H]1CC. The molecule has 180 valence electrons. The molecule has 0 unspecified atom stereocenters. The molecule has 3 rings (SSSR count). The number of ether oxygens (including phenoxy) is 1. The van der Waals surface area contributed by atoms with Gasteiger partial charge in [0.15, 0.2) is 0 Å². The fraction of sp³-hybridized carbons (Fsp3) is 0.560. The molecule has 1 heterocycles. The van der Waals surface area contributed by atoms with E-state index in [0.29, 0.717) is 36.5 Å². The molecule has 7 nitrogen and oxygen atoms in total. The van der Waals surface area contributed by atoms with Crippen LogP contribution in [0.3, 0.4) is 0 Å². The summed E-state index contributed by atoms with van der Waals surface area (Å²) in [5.74, 6) is -2.71. The minimum atomic E-state index is -0.751. The number of aliphatic hydroxyl groups is 1. The van der Waals surface area contributed by atoms with Crippen LogP contribution < -0.4 is 5.32 Å². The average Bonchev–Trinajstić information content (AvgIpc) is 3.09. The van der Waals surface area contributed by atoms with Crippen LogP contribution >= 0.6 is 11.6 Å². The van der Waals surface area contributed by atoms with Gasteiger partial charge in [0.25, 0.3) is 0 Å². The predicted octanol–water partition coefficient (Wildman–Crippen LogP) is 3.66. The van der Waals surface area contributed by atoms with Gasteiger partial charge in [-0.1, -0.05) is 42.8 Å². The normalized spacial score (nSPS) is 26.2. The van der Waals surface area contributed by atoms with Crippen molar-refractivity contribution in [2.45, 2.75) is 45.6 Å². The largest absolute Gasteiger partial charge is 0.466 e. The van der Waals surface area contributed by atoms with Crippen LogP contribution in [0.25, 0.3) is 0 Å². The van der Waals surface area contributed by atoms with Gasteiger partial charge in [0, 0.05) is 19.1 Å². The van der Waals surface area contributed by atoms with Crippen LogP contribution in [0, 0.1) is 23.7 Å². The number of hydrogen-bond acceptors (Lipinski definition) is 5. The highest BCUT2D eigenvalue weighted by atomic mass is 35.5. The lowest BCUT2D eigenvalue weighted by molar-refractivity contribution is -0.155. The standard InChI is InChI=1S/C25H33ClN2O5/c1-3-16-12-13-17-21(20(16)25(32)33-4-2)24(31)28(14-8-5-9-15-29)22(17)23(30)27-19-11-7-6-10-18(19)26/h6-7,10-13,16-17,20-22,29H,3-5,8-9,14-15H2,1-2H3,(H,27,30)/t16-,17+,20-,21+,22+/m1/s1. The molecule has 0 bridgehead atoms. The first-order chi connectivity index (χ1) is 15.9. The fourth-order valence-electron chi connectivity index (χ4n) is 5.03. The maximum absolute atomic E-state index is 13.6. The quantitative estimate of drug-likeness (QED) is 0.305. The van der Waals surface area contributed by atoms with E-state index in [1.165, 1.54) is 0 Å². The van der Waals surface area contributed by atoms with E-state index < -0.39 is 23.8 Å². The molecule has 1 fully saturated rings. The number of unbranched alkanes of at least 4 members (excludes halogenated alkanes) is 2. The lowest BCUT2D eigenvalue weighted by Crippen LogP contribution is -2.44. The second-order valence-electron chi connectivity index (χ2n) is 8.57. The Morgan fingerprint density at radius 3 is 2.58 bits per heavy atom. The summed E-state index contributed by atoms with van der Waals surface area (Å²) in [5.41, 5.74) is 0.480. The van der Waals surface area contributed by atoms with Crippen molar-refractivity contribution < 1.29 is 24.2 Å². The van der Waals surface area contributed by atoms with Gasteiger partial charge in [-0.15, -0.1) is 0 Å². The molecule has 0 saturated carbocycles. The van der Waals surface area contributed by atoms with Crippen LogP contribution in [0.1, 0.15) is 39.5 Å². The number of fused-ring (bicyclic) bond motifs is 1. The number of halogens is 1. The molecule has 1 aliphatic carbocycles. The van der Waals surface area contributed by atoms with Gasteiger partial charge < -0.3 is 20.1 Å². The number of anilines is 1. The predicted molar refractivity (Wildman–Crippen MR) is 127 cm³/mol. The second-order valence-corrected chi connectivity index (χ2v) is 8.98. The average molecular weight is 477 g/mol. The molecule has 2 aliphatic rings. The number of esters is 1. The number of para-hydroxylation sites is 1. The van der Waals surface area contributed by atoms with E-state index in [2.05, 4.69) is 5.32 Å². The monoisotopic (exact) mass is 476 g/mol. The maximum Gasteiger partial charge on any atom is 0.310 e. The van der Waals surface area contributed by atoms with Gasteiger partial charge in [0.05, 0.1) is 29.2 Å². The van der Waals surface area contributed by atoms with Crippen LogP contribution in [-0.2, 0) is 19.1 Å². The third kappa shape index (κ3) is 5.41. The number of likely N-dealkylation sites (tertiary alicyclic amines) is 1. The molecule has 1 saturated heterocycles. The summed E-state index contributed by atoms with van der Waals surface area (Å²) in [6, 6.07) is 6.21. The Labute approximate surface area is 200 Å². The number of aliphatic hydroxyl groups excluding tert-OH is 1. The highest BCUT2D eigenvalue weighted by Gasteiger charge is 2.57. The number of allylic oxidation sites excluding steroid dienone is 1. The van der Waals surface area contributed by atoms with Gasteiger partial charge in [0.1, 0.15) is 6.04 Å². The van der Waals surface area contributed by atoms with E-state index in [4.69, 9.17) is 21.4 Å².